The quantitative estimate of drug-likeness (QED) is 0.175. The van der Waals surface area contributed by atoms with E-state index in [9.17, 15) is 0 Å². The third-order valence-electron chi connectivity index (χ3n) is 10.0. The lowest BCUT2D eigenvalue weighted by Crippen LogP contribution is -2.11. The van der Waals surface area contributed by atoms with Crippen LogP contribution in [-0.4, -0.2) is 0 Å². The fraction of sp³-hybridized carbons (Fsp3) is 0. The number of hydrogen-bond donors (Lipinski definition) is 0. The van der Waals surface area contributed by atoms with Crippen LogP contribution < -0.4 is 4.90 Å². The minimum Gasteiger partial charge on any atom is -0.455 e. The molecule has 1 heterocycles. The lowest BCUT2D eigenvalue weighted by atomic mass is 9.96. The largest absolute Gasteiger partial charge is 0.455 e. The maximum Gasteiger partial charge on any atom is 0.145 e. The molecule has 10 aromatic rings. The summed E-state index contributed by atoms with van der Waals surface area (Å²) in [6.07, 6.45) is 0. The first kappa shape index (κ1) is 28.4. The molecule has 0 spiro atoms. The molecule has 10 rings (SSSR count). The lowest BCUT2D eigenvalue weighted by molar-refractivity contribution is 0.670. The first-order chi connectivity index (χ1) is 24.8. The van der Waals surface area contributed by atoms with E-state index in [1.807, 2.05) is 0 Å². The summed E-state index contributed by atoms with van der Waals surface area (Å²) in [4.78, 5) is 2.44. The zero-order valence-electron chi connectivity index (χ0n) is 27.3. The number of fused-ring (bicyclic) bond motifs is 7. The van der Waals surface area contributed by atoms with Crippen molar-refractivity contribution in [3.63, 3.8) is 0 Å². The Morgan fingerprint density at radius 1 is 0.360 bits per heavy atom. The summed E-state index contributed by atoms with van der Waals surface area (Å²) in [6.45, 7) is 0. The molecule has 0 atom stereocenters. The zero-order chi connectivity index (χ0) is 33.0. The molecule has 50 heavy (non-hydrogen) atoms. The van der Waals surface area contributed by atoms with Gasteiger partial charge in [0, 0.05) is 22.0 Å². The highest BCUT2D eigenvalue weighted by molar-refractivity contribution is 6.20. The number of hydrogen-bond acceptors (Lipinski definition) is 2. The molecule has 2 heteroatoms. The van der Waals surface area contributed by atoms with E-state index in [2.05, 4.69) is 193 Å². The van der Waals surface area contributed by atoms with Crippen molar-refractivity contribution < 1.29 is 4.42 Å². The predicted octanol–water partition coefficient (Wildman–Crippen LogP) is 13.8. The van der Waals surface area contributed by atoms with E-state index in [0.717, 1.165) is 50.1 Å². The van der Waals surface area contributed by atoms with Crippen LogP contribution in [0.2, 0.25) is 0 Å². The molecule has 234 valence electrons. The van der Waals surface area contributed by atoms with Gasteiger partial charge >= 0.3 is 0 Å². The zero-order valence-corrected chi connectivity index (χ0v) is 27.3. The average molecular weight is 638 g/mol. The van der Waals surface area contributed by atoms with E-state index in [4.69, 9.17) is 4.42 Å². The summed E-state index contributed by atoms with van der Waals surface area (Å²) >= 11 is 0. The Morgan fingerprint density at radius 2 is 0.980 bits per heavy atom. The van der Waals surface area contributed by atoms with Gasteiger partial charge in [0.25, 0.3) is 0 Å². The number of furan rings is 1. The molecule has 0 bridgehead atoms. The molecule has 2 nitrogen and oxygen atoms in total. The maximum absolute atomic E-state index is 6.82. The van der Waals surface area contributed by atoms with Crippen LogP contribution in [-0.2, 0) is 0 Å². The van der Waals surface area contributed by atoms with Crippen LogP contribution in [0, 0.1) is 0 Å². The van der Waals surface area contributed by atoms with Crippen LogP contribution >= 0.6 is 0 Å². The first-order valence-electron chi connectivity index (χ1n) is 17.1. The second-order valence-electron chi connectivity index (χ2n) is 12.9. The standard InChI is InChI=1S/C48H31NO/c1-2-11-32(12-3-1)34-21-23-36(24-22-34)41-29-30-44(47-42-18-8-9-20-45(42)50-48(41)47)49(39-28-27-33-13-4-5-15-38(33)31-39)43-19-10-16-37-26-25-35-14-6-7-17-40(35)46(37)43/h1-31H. The van der Waals surface area contributed by atoms with Gasteiger partial charge in [-0.15, -0.1) is 0 Å². The van der Waals surface area contributed by atoms with E-state index in [-0.39, 0.29) is 0 Å². The summed E-state index contributed by atoms with van der Waals surface area (Å²) in [5.74, 6) is 0. The fourth-order valence-corrected chi connectivity index (χ4v) is 7.65. The third kappa shape index (κ3) is 4.57. The monoisotopic (exact) mass is 637 g/mol. The Hall–Kier alpha value is -6.64. The Kier molecular flexibility index (Phi) is 6.53. The van der Waals surface area contributed by atoms with Crippen molar-refractivity contribution in [1.82, 2.24) is 0 Å². The molecule has 0 unspecified atom stereocenters. The van der Waals surface area contributed by atoms with Crippen molar-refractivity contribution in [2.75, 3.05) is 4.90 Å². The summed E-state index contributed by atoms with van der Waals surface area (Å²) in [5, 5.41) is 9.48. The summed E-state index contributed by atoms with van der Waals surface area (Å²) in [7, 11) is 0. The molecule has 0 saturated heterocycles. The highest BCUT2D eigenvalue weighted by atomic mass is 16.3. The third-order valence-corrected chi connectivity index (χ3v) is 10.0. The number of benzene rings is 9. The van der Waals surface area contributed by atoms with Gasteiger partial charge in [0.15, 0.2) is 0 Å². The molecule has 0 aliphatic heterocycles. The van der Waals surface area contributed by atoms with E-state index in [0.29, 0.717) is 0 Å². The number of nitrogens with zero attached hydrogens (tertiary/aromatic N) is 1. The Balaban J connectivity index is 1.27. The van der Waals surface area contributed by atoms with E-state index < -0.39 is 0 Å². The summed E-state index contributed by atoms with van der Waals surface area (Å²) in [5.41, 5.74) is 9.64. The van der Waals surface area contributed by atoms with Crippen LogP contribution in [0.4, 0.5) is 17.1 Å². The molecule has 0 radical (unpaired) electrons. The van der Waals surface area contributed by atoms with Crippen LogP contribution in [0.5, 0.6) is 0 Å². The Bertz CT molecular complexity index is 2870. The van der Waals surface area contributed by atoms with Gasteiger partial charge in [0.05, 0.1) is 16.8 Å². The SMILES string of the molecule is c1ccc(-c2ccc(-c3ccc(N(c4ccc5ccccc5c4)c4cccc5ccc6ccccc6c45)c4c3oc3ccccc34)cc2)cc1. The van der Waals surface area contributed by atoms with Crippen molar-refractivity contribution in [2.45, 2.75) is 0 Å². The van der Waals surface area contributed by atoms with Crippen LogP contribution in [0.25, 0.3) is 76.5 Å². The molecular weight excluding hydrogens is 607 g/mol. The smallest absolute Gasteiger partial charge is 0.145 e. The molecule has 0 amide bonds. The minimum atomic E-state index is 0.874. The van der Waals surface area contributed by atoms with Gasteiger partial charge in [0.2, 0.25) is 0 Å². The molecule has 1 aromatic heterocycles. The van der Waals surface area contributed by atoms with Crippen molar-refractivity contribution >= 4 is 71.3 Å². The van der Waals surface area contributed by atoms with E-state index >= 15 is 0 Å². The van der Waals surface area contributed by atoms with Gasteiger partial charge in [-0.05, 0) is 80.0 Å². The number of anilines is 3. The Labute approximate surface area is 290 Å². The second-order valence-corrected chi connectivity index (χ2v) is 12.9. The highest BCUT2D eigenvalue weighted by Gasteiger charge is 2.24. The molecule has 0 N–H and O–H groups in total. The van der Waals surface area contributed by atoms with Gasteiger partial charge in [0.1, 0.15) is 11.2 Å². The van der Waals surface area contributed by atoms with Crippen LogP contribution in [0.3, 0.4) is 0 Å². The molecule has 0 saturated carbocycles. The second kappa shape index (κ2) is 11.5. The topological polar surface area (TPSA) is 16.4 Å². The molecule has 9 aromatic carbocycles. The molecular formula is C48H31NO. The number of rotatable bonds is 5. The van der Waals surface area contributed by atoms with Crippen LogP contribution in [0.1, 0.15) is 0 Å². The Morgan fingerprint density at radius 3 is 1.84 bits per heavy atom. The summed E-state index contributed by atoms with van der Waals surface area (Å²) in [6, 6.07) is 67.5. The van der Waals surface area contributed by atoms with Crippen molar-refractivity contribution in [1.29, 1.82) is 0 Å². The van der Waals surface area contributed by atoms with Gasteiger partial charge in [-0.25, -0.2) is 0 Å². The minimum absolute atomic E-state index is 0.874. The fourth-order valence-electron chi connectivity index (χ4n) is 7.65. The molecule has 0 aliphatic rings. The molecule has 0 aliphatic carbocycles. The van der Waals surface area contributed by atoms with Gasteiger partial charge in [-0.3, -0.25) is 0 Å². The molecule has 0 fully saturated rings. The normalized spacial score (nSPS) is 11.6. The van der Waals surface area contributed by atoms with Gasteiger partial charge in [-0.2, -0.15) is 0 Å². The lowest BCUT2D eigenvalue weighted by Gasteiger charge is -2.28. The predicted molar refractivity (Wildman–Crippen MR) is 212 cm³/mol. The van der Waals surface area contributed by atoms with Gasteiger partial charge < -0.3 is 9.32 Å². The van der Waals surface area contributed by atoms with E-state index in [1.54, 1.807) is 0 Å². The summed E-state index contributed by atoms with van der Waals surface area (Å²) < 4.78 is 6.82. The van der Waals surface area contributed by atoms with Gasteiger partial charge in [-0.1, -0.05) is 152 Å². The van der Waals surface area contributed by atoms with Crippen molar-refractivity contribution in [3.05, 3.63) is 188 Å². The van der Waals surface area contributed by atoms with Crippen molar-refractivity contribution in [3.8, 4) is 22.3 Å². The highest BCUT2D eigenvalue weighted by Crippen LogP contribution is 2.48. The van der Waals surface area contributed by atoms with Crippen LogP contribution in [0.15, 0.2) is 192 Å². The first-order valence-corrected chi connectivity index (χ1v) is 17.1. The maximum atomic E-state index is 6.82. The van der Waals surface area contributed by atoms with Crippen molar-refractivity contribution in [2.24, 2.45) is 0 Å². The average Bonchev–Trinajstić information content (AvgIpc) is 3.58. The van der Waals surface area contributed by atoms with E-state index in [1.165, 1.54) is 43.4 Å². The number of para-hydroxylation sites is 1.